The van der Waals surface area contributed by atoms with Crippen molar-refractivity contribution in [2.45, 2.75) is 32.2 Å². The largest absolute Gasteiger partial charge is 0.354 e. The lowest BCUT2D eigenvalue weighted by atomic mass is 10.1. The van der Waals surface area contributed by atoms with Gasteiger partial charge in [-0.1, -0.05) is 19.1 Å². The lowest BCUT2D eigenvalue weighted by Crippen LogP contribution is -2.40. The van der Waals surface area contributed by atoms with Crippen molar-refractivity contribution in [3.8, 4) is 0 Å². The molecule has 1 fully saturated rings. The monoisotopic (exact) mass is 264 g/mol. The van der Waals surface area contributed by atoms with Gasteiger partial charge in [0, 0.05) is 12.6 Å². The quantitative estimate of drug-likeness (QED) is 0.882. The summed E-state index contributed by atoms with van der Waals surface area (Å²) in [6.45, 7) is 5.00. The number of hydrogen-bond donors (Lipinski definition) is 1. The van der Waals surface area contributed by atoms with E-state index in [0.29, 0.717) is 12.6 Å². The first-order valence-electron chi connectivity index (χ1n) is 6.94. The second kappa shape index (κ2) is 6.66. The Morgan fingerprint density at radius 1 is 1.53 bits per heavy atom. The Hall–Kier alpha value is -1.42. The predicted octanol–water partition coefficient (Wildman–Crippen LogP) is 1.97. The number of halogens is 1. The van der Waals surface area contributed by atoms with Gasteiger partial charge in [-0.2, -0.15) is 0 Å². The van der Waals surface area contributed by atoms with Crippen molar-refractivity contribution < 1.29 is 9.18 Å². The molecule has 1 unspecified atom stereocenters. The van der Waals surface area contributed by atoms with Crippen LogP contribution in [-0.4, -0.2) is 36.5 Å². The van der Waals surface area contributed by atoms with Crippen molar-refractivity contribution in [3.63, 3.8) is 0 Å². The number of nitrogens with zero attached hydrogens (tertiary/aromatic N) is 1. The number of nitrogens with one attached hydrogen (secondary N) is 1. The molecule has 2 rings (SSSR count). The van der Waals surface area contributed by atoms with E-state index >= 15 is 0 Å². The van der Waals surface area contributed by atoms with Crippen LogP contribution in [0.25, 0.3) is 0 Å². The molecule has 19 heavy (non-hydrogen) atoms. The summed E-state index contributed by atoms with van der Waals surface area (Å²) >= 11 is 0. The van der Waals surface area contributed by atoms with Crippen LogP contribution in [-0.2, 0) is 11.2 Å². The van der Waals surface area contributed by atoms with Gasteiger partial charge in [0.05, 0.1) is 6.42 Å². The molecule has 1 aromatic carbocycles. The second-order valence-electron chi connectivity index (χ2n) is 5.04. The third kappa shape index (κ3) is 4.03. The van der Waals surface area contributed by atoms with Gasteiger partial charge >= 0.3 is 0 Å². The molecular weight excluding hydrogens is 243 g/mol. The molecule has 0 aliphatic carbocycles. The summed E-state index contributed by atoms with van der Waals surface area (Å²) in [4.78, 5) is 14.2. The molecule has 104 valence electrons. The number of rotatable bonds is 5. The lowest BCUT2D eigenvalue weighted by molar-refractivity contribution is -0.120. The standard InChI is InChI=1S/C15H21FN2O/c1-2-18-8-4-7-14(18)11-17-15(19)10-12-5-3-6-13(16)9-12/h3,5-6,9,14H,2,4,7-8,10-11H2,1H3,(H,17,19). The van der Waals surface area contributed by atoms with Crippen molar-refractivity contribution in [1.29, 1.82) is 0 Å². The number of likely N-dealkylation sites (tertiary alicyclic amines) is 1. The fourth-order valence-electron chi connectivity index (χ4n) is 2.67. The molecule has 0 radical (unpaired) electrons. The van der Waals surface area contributed by atoms with E-state index in [0.717, 1.165) is 25.1 Å². The Labute approximate surface area is 113 Å². The van der Waals surface area contributed by atoms with E-state index in [2.05, 4.69) is 17.1 Å². The molecule has 0 aromatic heterocycles. The normalized spacial score (nSPS) is 19.6. The van der Waals surface area contributed by atoms with E-state index in [1.54, 1.807) is 12.1 Å². The summed E-state index contributed by atoms with van der Waals surface area (Å²) < 4.78 is 13.0. The molecule has 1 aliphatic rings. The van der Waals surface area contributed by atoms with Crippen molar-refractivity contribution in [2.24, 2.45) is 0 Å². The van der Waals surface area contributed by atoms with Crippen molar-refractivity contribution in [2.75, 3.05) is 19.6 Å². The summed E-state index contributed by atoms with van der Waals surface area (Å²) in [5.74, 6) is -0.327. The molecular formula is C15H21FN2O. The van der Waals surface area contributed by atoms with E-state index < -0.39 is 0 Å². The van der Waals surface area contributed by atoms with E-state index in [1.807, 2.05) is 0 Å². The fraction of sp³-hybridized carbons (Fsp3) is 0.533. The van der Waals surface area contributed by atoms with E-state index in [9.17, 15) is 9.18 Å². The minimum absolute atomic E-state index is 0.0337. The van der Waals surface area contributed by atoms with Gasteiger partial charge in [0.1, 0.15) is 5.82 Å². The number of benzene rings is 1. The van der Waals surface area contributed by atoms with Crippen molar-refractivity contribution in [3.05, 3.63) is 35.6 Å². The molecule has 0 bridgehead atoms. The SMILES string of the molecule is CCN1CCCC1CNC(=O)Cc1cccc(F)c1. The van der Waals surface area contributed by atoms with Gasteiger partial charge in [-0.3, -0.25) is 9.69 Å². The highest BCUT2D eigenvalue weighted by Gasteiger charge is 2.22. The molecule has 1 aromatic rings. The van der Waals surface area contributed by atoms with Gasteiger partial charge in [0.2, 0.25) is 5.91 Å². The Morgan fingerprint density at radius 3 is 3.11 bits per heavy atom. The molecule has 0 spiro atoms. The summed E-state index contributed by atoms with van der Waals surface area (Å²) in [5, 5.41) is 2.95. The molecule has 1 aliphatic heterocycles. The van der Waals surface area contributed by atoms with Crippen LogP contribution >= 0.6 is 0 Å². The topological polar surface area (TPSA) is 32.3 Å². The number of hydrogen-bond acceptors (Lipinski definition) is 2. The Kier molecular flexibility index (Phi) is 4.91. The Balaban J connectivity index is 1.78. The van der Waals surface area contributed by atoms with Gasteiger partial charge in [-0.15, -0.1) is 0 Å². The highest BCUT2D eigenvalue weighted by atomic mass is 19.1. The molecule has 0 saturated carbocycles. The summed E-state index contributed by atoms with van der Waals surface area (Å²) in [5.41, 5.74) is 0.719. The zero-order valence-corrected chi connectivity index (χ0v) is 11.4. The van der Waals surface area contributed by atoms with Crippen LogP contribution < -0.4 is 5.32 Å². The maximum atomic E-state index is 13.0. The number of likely N-dealkylation sites (N-methyl/N-ethyl adjacent to an activating group) is 1. The average Bonchev–Trinajstić information content (AvgIpc) is 2.83. The van der Waals surface area contributed by atoms with Crippen molar-refractivity contribution in [1.82, 2.24) is 10.2 Å². The highest BCUT2D eigenvalue weighted by Crippen LogP contribution is 2.15. The third-order valence-corrected chi connectivity index (χ3v) is 3.69. The van der Waals surface area contributed by atoms with Crippen LogP contribution in [0.3, 0.4) is 0 Å². The second-order valence-corrected chi connectivity index (χ2v) is 5.04. The fourth-order valence-corrected chi connectivity index (χ4v) is 2.67. The van der Waals surface area contributed by atoms with E-state index in [1.165, 1.54) is 18.6 Å². The van der Waals surface area contributed by atoms with Gasteiger partial charge in [-0.25, -0.2) is 4.39 Å². The molecule has 1 atom stereocenters. The predicted molar refractivity (Wildman–Crippen MR) is 73.4 cm³/mol. The van der Waals surface area contributed by atoms with Gasteiger partial charge in [0.15, 0.2) is 0 Å². The number of amides is 1. The zero-order valence-electron chi connectivity index (χ0n) is 11.4. The molecule has 1 heterocycles. The van der Waals surface area contributed by atoms with Crippen LogP contribution in [0.4, 0.5) is 4.39 Å². The van der Waals surface area contributed by atoms with E-state index in [4.69, 9.17) is 0 Å². The number of carbonyl (C=O) groups is 1. The maximum absolute atomic E-state index is 13.0. The molecule has 3 nitrogen and oxygen atoms in total. The Bertz CT molecular complexity index is 436. The third-order valence-electron chi connectivity index (χ3n) is 3.69. The van der Waals surface area contributed by atoms with Gasteiger partial charge in [0.25, 0.3) is 0 Å². The summed E-state index contributed by atoms with van der Waals surface area (Å²) in [6, 6.07) is 6.66. The molecule has 1 saturated heterocycles. The van der Waals surface area contributed by atoms with Crippen molar-refractivity contribution >= 4 is 5.91 Å². The first kappa shape index (κ1) is 14.0. The van der Waals surface area contributed by atoms with Gasteiger partial charge in [-0.05, 0) is 43.6 Å². The summed E-state index contributed by atoms with van der Waals surface area (Å²) in [7, 11) is 0. The summed E-state index contributed by atoms with van der Waals surface area (Å²) in [6.07, 6.45) is 2.60. The smallest absolute Gasteiger partial charge is 0.224 e. The first-order chi connectivity index (χ1) is 9.19. The first-order valence-corrected chi connectivity index (χ1v) is 6.94. The van der Waals surface area contributed by atoms with Gasteiger partial charge < -0.3 is 5.32 Å². The minimum atomic E-state index is -0.293. The average molecular weight is 264 g/mol. The lowest BCUT2D eigenvalue weighted by Gasteiger charge is -2.22. The highest BCUT2D eigenvalue weighted by molar-refractivity contribution is 5.78. The van der Waals surface area contributed by atoms with Crippen LogP contribution in [0.15, 0.2) is 24.3 Å². The minimum Gasteiger partial charge on any atom is -0.354 e. The van der Waals surface area contributed by atoms with Crippen LogP contribution in [0.2, 0.25) is 0 Å². The Morgan fingerprint density at radius 2 is 2.37 bits per heavy atom. The molecule has 1 N–H and O–H groups in total. The maximum Gasteiger partial charge on any atom is 0.224 e. The van der Waals surface area contributed by atoms with Crippen LogP contribution in [0, 0.1) is 5.82 Å². The van der Waals surface area contributed by atoms with E-state index in [-0.39, 0.29) is 18.1 Å². The number of carbonyl (C=O) groups excluding carboxylic acids is 1. The zero-order chi connectivity index (χ0) is 13.7. The molecule has 4 heteroatoms. The molecule has 1 amide bonds. The van der Waals surface area contributed by atoms with Crippen LogP contribution in [0.5, 0.6) is 0 Å². The van der Waals surface area contributed by atoms with Crippen LogP contribution in [0.1, 0.15) is 25.3 Å².